The van der Waals surface area contributed by atoms with Gasteiger partial charge >= 0.3 is 19.8 Å². The zero-order valence-corrected chi connectivity index (χ0v) is 39.8. The van der Waals surface area contributed by atoms with Crippen molar-refractivity contribution in [3.8, 4) is 0 Å². The van der Waals surface area contributed by atoms with Gasteiger partial charge < -0.3 is 19.7 Å². The summed E-state index contributed by atoms with van der Waals surface area (Å²) in [5.74, 6) is -0.865. The molecule has 0 amide bonds. The Bertz CT molecular complexity index is 1120. The average Bonchev–Trinajstić information content (AvgIpc) is 3.23. The summed E-state index contributed by atoms with van der Waals surface area (Å²) in [5.41, 5.74) is 0. The molecular formula is C50H92NO8P. The van der Waals surface area contributed by atoms with Crippen LogP contribution in [0, 0.1) is 0 Å². The Hall–Kier alpha value is -2.03. The first-order valence-electron chi connectivity index (χ1n) is 24.6. The number of nitrogens with one attached hydrogen (secondary N) is 1. The second kappa shape index (κ2) is 46.5. The van der Waals surface area contributed by atoms with E-state index < -0.39 is 32.5 Å². The lowest BCUT2D eigenvalue weighted by Gasteiger charge is -2.20. The van der Waals surface area contributed by atoms with Crippen molar-refractivity contribution >= 4 is 19.8 Å². The van der Waals surface area contributed by atoms with Crippen LogP contribution in [-0.4, -0.2) is 56.3 Å². The van der Waals surface area contributed by atoms with Crippen LogP contribution in [0.3, 0.4) is 0 Å². The highest BCUT2D eigenvalue weighted by atomic mass is 31.2. The van der Waals surface area contributed by atoms with Crippen LogP contribution in [0.4, 0.5) is 0 Å². The summed E-state index contributed by atoms with van der Waals surface area (Å²) in [6.45, 7) is 4.16. The Morgan fingerprint density at radius 3 is 1.38 bits per heavy atom. The molecule has 0 bridgehead atoms. The standard InChI is InChI=1S/C50H92NO8P/c1-4-6-8-10-12-14-16-18-20-22-23-24-25-27-29-31-33-35-37-39-41-43-50(53)59-48(47-58-60(54,55)57-45-44-51-3)46-56-49(52)42-40-38-36-34-32-30-28-26-21-19-17-15-13-11-9-7-5-2/h13,15,19,21,28,30,34,36,48,51H,4-12,14,16-18,20,22-27,29,31-33,35,37-47H2,1-3H3,(H,54,55)/b15-13-,21-19-,30-28-,36-34-. The predicted molar refractivity (Wildman–Crippen MR) is 252 cm³/mol. The molecule has 0 heterocycles. The molecule has 0 saturated carbocycles. The van der Waals surface area contributed by atoms with Crippen molar-refractivity contribution in [2.45, 2.75) is 225 Å². The maximum atomic E-state index is 12.7. The number of hydrogen-bond donors (Lipinski definition) is 2. The smallest absolute Gasteiger partial charge is 0.462 e. The summed E-state index contributed by atoms with van der Waals surface area (Å²) in [4.78, 5) is 35.2. The maximum absolute atomic E-state index is 12.7. The van der Waals surface area contributed by atoms with E-state index >= 15 is 0 Å². The average molecular weight is 866 g/mol. The number of carbonyl (C=O) groups is 2. The minimum Gasteiger partial charge on any atom is -0.462 e. The highest BCUT2D eigenvalue weighted by Crippen LogP contribution is 2.43. The van der Waals surface area contributed by atoms with Crippen LogP contribution in [0.1, 0.15) is 219 Å². The van der Waals surface area contributed by atoms with Crippen LogP contribution in [0.15, 0.2) is 48.6 Å². The molecule has 10 heteroatoms. The zero-order chi connectivity index (χ0) is 43.9. The fourth-order valence-corrected chi connectivity index (χ4v) is 7.47. The molecule has 2 N–H and O–H groups in total. The number of allylic oxidation sites excluding steroid dienone is 8. The van der Waals surface area contributed by atoms with Gasteiger partial charge in [0, 0.05) is 19.4 Å². The molecule has 0 aliphatic heterocycles. The SMILES string of the molecule is CCCCC/C=C\C/C=C\C/C=C\C/C=C\CCCC(=O)OCC(COP(=O)(O)OCCNC)OC(=O)CCCCCCCCCCCCCCCCCCCCCCC. The fraction of sp³-hybridized carbons (Fsp3) is 0.800. The Labute approximate surface area is 369 Å². The van der Waals surface area contributed by atoms with Crippen molar-refractivity contribution in [3.05, 3.63) is 48.6 Å². The summed E-state index contributed by atoms with van der Waals surface area (Å²) in [6.07, 6.45) is 53.1. The molecule has 0 aromatic carbocycles. The third kappa shape index (κ3) is 45.5. The lowest BCUT2D eigenvalue weighted by Crippen LogP contribution is -2.29. The first kappa shape index (κ1) is 58.0. The molecule has 2 unspecified atom stereocenters. The molecule has 60 heavy (non-hydrogen) atoms. The number of likely N-dealkylation sites (N-methyl/N-ethyl adjacent to an activating group) is 1. The Morgan fingerprint density at radius 1 is 0.517 bits per heavy atom. The highest BCUT2D eigenvalue weighted by molar-refractivity contribution is 7.47. The molecule has 0 aromatic rings. The number of hydrogen-bond acceptors (Lipinski definition) is 8. The number of phosphoric acid groups is 1. The van der Waals surface area contributed by atoms with Crippen LogP contribution in [0.2, 0.25) is 0 Å². The molecule has 350 valence electrons. The minimum atomic E-state index is -4.36. The van der Waals surface area contributed by atoms with Crippen LogP contribution in [0.5, 0.6) is 0 Å². The Morgan fingerprint density at radius 2 is 0.917 bits per heavy atom. The van der Waals surface area contributed by atoms with E-state index in [4.69, 9.17) is 18.5 Å². The van der Waals surface area contributed by atoms with Gasteiger partial charge in [-0.15, -0.1) is 0 Å². The van der Waals surface area contributed by atoms with Crippen LogP contribution in [0.25, 0.3) is 0 Å². The molecule has 0 aromatic heterocycles. The van der Waals surface area contributed by atoms with Crippen molar-refractivity contribution in [1.29, 1.82) is 0 Å². The summed E-state index contributed by atoms with van der Waals surface area (Å²) in [7, 11) is -2.67. The monoisotopic (exact) mass is 866 g/mol. The van der Waals surface area contributed by atoms with Gasteiger partial charge in [0.2, 0.25) is 0 Å². The van der Waals surface area contributed by atoms with E-state index in [0.717, 1.165) is 38.5 Å². The Balaban J connectivity index is 4.19. The molecule has 0 rings (SSSR count). The van der Waals surface area contributed by atoms with Gasteiger partial charge in [0.1, 0.15) is 6.61 Å². The largest absolute Gasteiger partial charge is 0.472 e. The molecule has 0 spiro atoms. The molecule has 0 aliphatic rings. The number of rotatable bonds is 46. The van der Waals surface area contributed by atoms with Crippen molar-refractivity contribution in [1.82, 2.24) is 5.32 Å². The Kier molecular flexibility index (Phi) is 44.9. The van der Waals surface area contributed by atoms with Gasteiger partial charge in [0.15, 0.2) is 6.10 Å². The van der Waals surface area contributed by atoms with Crippen LogP contribution in [-0.2, 0) is 32.7 Å². The van der Waals surface area contributed by atoms with E-state index in [1.165, 1.54) is 141 Å². The minimum absolute atomic E-state index is 0.0252. The van der Waals surface area contributed by atoms with E-state index in [2.05, 4.69) is 67.8 Å². The molecule has 0 radical (unpaired) electrons. The summed E-state index contributed by atoms with van der Waals surface area (Å²) in [5, 5.41) is 2.82. The fourth-order valence-electron chi connectivity index (χ4n) is 6.72. The van der Waals surface area contributed by atoms with Crippen LogP contribution < -0.4 is 5.32 Å². The van der Waals surface area contributed by atoms with E-state index in [1.807, 2.05) is 0 Å². The van der Waals surface area contributed by atoms with E-state index in [1.54, 1.807) is 7.05 Å². The topological polar surface area (TPSA) is 120 Å². The number of ether oxygens (including phenoxy) is 2. The summed E-state index contributed by atoms with van der Waals surface area (Å²) < 4.78 is 33.2. The number of carbonyl (C=O) groups excluding carboxylic acids is 2. The quantitative estimate of drug-likeness (QED) is 0.0267. The maximum Gasteiger partial charge on any atom is 0.472 e. The van der Waals surface area contributed by atoms with Crippen molar-refractivity contribution < 1.29 is 37.6 Å². The predicted octanol–water partition coefficient (Wildman–Crippen LogP) is 14.5. The number of unbranched alkanes of at least 4 members (excludes halogenated alkanes) is 24. The second-order valence-corrected chi connectivity index (χ2v) is 17.8. The number of esters is 2. The molecule has 0 aliphatic carbocycles. The molecular weight excluding hydrogens is 774 g/mol. The van der Waals surface area contributed by atoms with E-state index in [0.29, 0.717) is 19.4 Å². The van der Waals surface area contributed by atoms with Crippen molar-refractivity contribution in [2.24, 2.45) is 0 Å². The van der Waals surface area contributed by atoms with Gasteiger partial charge in [0.25, 0.3) is 0 Å². The van der Waals surface area contributed by atoms with Crippen molar-refractivity contribution in [2.75, 3.05) is 33.4 Å². The van der Waals surface area contributed by atoms with Gasteiger partial charge in [0.05, 0.1) is 13.2 Å². The summed E-state index contributed by atoms with van der Waals surface area (Å²) >= 11 is 0. The van der Waals surface area contributed by atoms with Gasteiger partial charge in [-0.1, -0.05) is 204 Å². The lowest BCUT2D eigenvalue weighted by molar-refractivity contribution is -0.161. The molecule has 0 saturated heterocycles. The third-order valence-electron chi connectivity index (χ3n) is 10.5. The number of phosphoric ester groups is 1. The van der Waals surface area contributed by atoms with Gasteiger partial charge in [-0.05, 0) is 58.4 Å². The first-order chi connectivity index (χ1) is 29.3. The van der Waals surface area contributed by atoms with E-state index in [9.17, 15) is 19.0 Å². The second-order valence-electron chi connectivity index (χ2n) is 16.3. The van der Waals surface area contributed by atoms with Crippen LogP contribution >= 0.6 is 7.82 Å². The highest BCUT2D eigenvalue weighted by Gasteiger charge is 2.26. The first-order valence-corrected chi connectivity index (χ1v) is 26.1. The normalized spacial score (nSPS) is 13.6. The third-order valence-corrected chi connectivity index (χ3v) is 11.4. The summed E-state index contributed by atoms with van der Waals surface area (Å²) in [6, 6.07) is 0. The van der Waals surface area contributed by atoms with E-state index in [-0.39, 0.29) is 26.1 Å². The van der Waals surface area contributed by atoms with Gasteiger partial charge in [-0.2, -0.15) is 0 Å². The van der Waals surface area contributed by atoms with Crippen molar-refractivity contribution in [3.63, 3.8) is 0 Å². The lowest BCUT2D eigenvalue weighted by atomic mass is 10.0. The zero-order valence-electron chi connectivity index (χ0n) is 38.9. The van der Waals surface area contributed by atoms with Gasteiger partial charge in [-0.25, -0.2) is 4.57 Å². The molecule has 9 nitrogen and oxygen atoms in total. The molecule has 2 atom stereocenters. The molecule has 0 fully saturated rings. The van der Waals surface area contributed by atoms with Gasteiger partial charge in [-0.3, -0.25) is 18.6 Å².